The fourth-order valence-electron chi connectivity index (χ4n) is 2.30. The summed E-state index contributed by atoms with van der Waals surface area (Å²) in [5.74, 6) is -0.000800. The van der Waals surface area contributed by atoms with Gasteiger partial charge >= 0.3 is 0 Å². The lowest BCUT2D eigenvalue weighted by molar-refractivity contribution is -0.116. The number of amides is 1. The molecule has 24 heavy (non-hydrogen) atoms. The van der Waals surface area contributed by atoms with Crippen LogP contribution in [0.25, 0.3) is 5.69 Å². The van der Waals surface area contributed by atoms with Gasteiger partial charge in [0.05, 0.1) is 5.69 Å². The Morgan fingerprint density at radius 1 is 1.08 bits per heavy atom. The summed E-state index contributed by atoms with van der Waals surface area (Å²) in [4.78, 5) is 12.0. The van der Waals surface area contributed by atoms with Crippen LogP contribution in [0.5, 0.6) is 0 Å². The highest BCUT2D eigenvalue weighted by atomic mass is 35.5. The van der Waals surface area contributed by atoms with Gasteiger partial charge in [-0.1, -0.05) is 23.7 Å². The molecule has 1 amide bonds. The second kappa shape index (κ2) is 7.70. The van der Waals surface area contributed by atoms with Crippen LogP contribution in [0.4, 0.5) is 5.69 Å². The van der Waals surface area contributed by atoms with E-state index in [-0.39, 0.29) is 5.91 Å². The molecule has 1 N–H and O–H groups in total. The predicted molar refractivity (Wildman–Crippen MR) is 92.2 cm³/mol. The van der Waals surface area contributed by atoms with Gasteiger partial charge in [-0.05, 0) is 65.2 Å². The number of aromatic nitrogens is 4. The van der Waals surface area contributed by atoms with Crippen LogP contribution in [0.15, 0.2) is 54.9 Å². The predicted octanol–water partition coefficient (Wildman–Crippen LogP) is 3.28. The van der Waals surface area contributed by atoms with Gasteiger partial charge in [-0.25, -0.2) is 4.68 Å². The molecule has 0 unspecified atom stereocenters. The lowest BCUT2D eigenvalue weighted by Crippen LogP contribution is -2.11. The first kappa shape index (κ1) is 16.1. The molecule has 3 rings (SSSR count). The number of carbonyl (C=O) groups excluding carboxylic acids is 1. The quantitative estimate of drug-likeness (QED) is 0.746. The fourth-order valence-corrected chi connectivity index (χ4v) is 2.43. The summed E-state index contributed by atoms with van der Waals surface area (Å²) >= 11 is 5.85. The molecule has 0 bridgehead atoms. The minimum absolute atomic E-state index is 0.000800. The van der Waals surface area contributed by atoms with Crippen molar-refractivity contribution in [1.82, 2.24) is 20.2 Å². The van der Waals surface area contributed by atoms with Crippen molar-refractivity contribution in [3.63, 3.8) is 0 Å². The molecule has 0 aliphatic heterocycles. The number of nitrogens with zero attached hydrogens (tertiary/aromatic N) is 4. The third kappa shape index (κ3) is 4.39. The highest BCUT2D eigenvalue weighted by Crippen LogP contribution is 2.14. The van der Waals surface area contributed by atoms with E-state index in [0.29, 0.717) is 6.42 Å². The maximum absolute atomic E-state index is 12.0. The van der Waals surface area contributed by atoms with Gasteiger partial charge in [0.15, 0.2) is 0 Å². The van der Waals surface area contributed by atoms with Crippen LogP contribution in [0.3, 0.4) is 0 Å². The van der Waals surface area contributed by atoms with Crippen molar-refractivity contribution >= 4 is 23.2 Å². The number of halogens is 1. The summed E-state index contributed by atoms with van der Waals surface area (Å²) in [6, 6.07) is 15.0. The molecule has 0 saturated carbocycles. The Hall–Kier alpha value is -2.73. The van der Waals surface area contributed by atoms with Gasteiger partial charge in [-0.15, -0.1) is 5.10 Å². The van der Waals surface area contributed by atoms with E-state index in [4.69, 9.17) is 11.6 Å². The van der Waals surface area contributed by atoms with Gasteiger partial charge in [-0.2, -0.15) is 0 Å². The van der Waals surface area contributed by atoms with E-state index in [1.807, 2.05) is 48.5 Å². The first-order chi connectivity index (χ1) is 11.7. The molecule has 0 radical (unpaired) electrons. The van der Waals surface area contributed by atoms with Crippen molar-refractivity contribution in [3.8, 4) is 5.69 Å². The number of tetrazole rings is 1. The molecule has 0 saturated heterocycles. The topological polar surface area (TPSA) is 72.7 Å². The zero-order valence-electron chi connectivity index (χ0n) is 12.9. The normalized spacial score (nSPS) is 10.5. The van der Waals surface area contributed by atoms with E-state index in [2.05, 4.69) is 20.8 Å². The number of hydrogen-bond acceptors (Lipinski definition) is 4. The van der Waals surface area contributed by atoms with Crippen molar-refractivity contribution in [2.45, 2.75) is 19.3 Å². The van der Waals surface area contributed by atoms with Crippen LogP contribution in [-0.2, 0) is 11.2 Å². The van der Waals surface area contributed by atoms with E-state index in [1.54, 1.807) is 4.68 Å². The van der Waals surface area contributed by atoms with Crippen LogP contribution >= 0.6 is 11.6 Å². The van der Waals surface area contributed by atoms with E-state index in [9.17, 15) is 4.79 Å². The number of aryl methyl sites for hydroxylation is 1. The Bertz CT molecular complexity index is 785. The third-order valence-electron chi connectivity index (χ3n) is 3.55. The van der Waals surface area contributed by atoms with E-state index in [1.165, 1.54) is 11.9 Å². The van der Waals surface area contributed by atoms with Crippen LogP contribution < -0.4 is 5.32 Å². The average Bonchev–Trinajstić information content (AvgIpc) is 3.12. The standard InChI is InChI=1S/C17H16ClN5O/c18-14-6-4-13(5-7-14)2-1-3-17(24)20-15-8-10-16(11-9-15)23-12-19-21-22-23/h4-12H,1-3H2,(H,20,24). The molecule has 6 nitrogen and oxygen atoms in total. The second-order valence-electron chi connectivity index (χ2n) is 5.33. The molecule has 7 heteroatoms. The summed E-state index contributed by atoms with van der Waals surface area (Å²) < 4.78 is 1.55. The van der Waals surface area contributed by atoms with Crippen molar-refractivity contribution in [2.75, 3.05) is 5.32 Å². The zero-order chi connectivity index (χ0) is 16.8. The van der Waals surface area contributed by atoms with Crippen molar-refractivity contribution in [1.29, 1.82) is 0 Å². The Morgan fingerprint density at radius 3 is 2.50 bits per heavy atom. The maximum Gasteiger partial charge on any atom is 0.224 e. The fraction of sp³-hybridized carbons (Fsp3) is 0.176. The molecular formula is C17H16ClN5O. The SMILES string of the molecule is O=C(CCCc1ccc(Cl)cc1)Nc1ccc(-n2cnnn2)cc1. The third-order valence-corrected chi connectivity index (χ3v) is 3.80. The van der Waals surface area contributed by atoms with Crippen LogP contribution in [0.1, 0.15) is 18.4 Å². The largest absolute Gasteiger partial charge is 0.326 e. The Balaban J connectivity index is 1.47. The average molecular weight is 342 g/mol. The van der Waals surface area contributed by atoms with Gasteiger partial charge in [0, 0.05) is 17.1 Å². The van der Waals surface area contributed by atoms with Gasteiger partial charge in [0.2, 0.25) is 5.91 Å². The molecule has 0 atom stereocenters. The first-order valence-corrected chi connectivity index (χ1v) is 7.96. The lowest BCUT2D eigenvalue weighted by atomic mass is 10.1. The van der Waals surface area contributed by atoms with Crippen molar-refractivity contribution < 1.29 is 4.79 Å². The smallest absolute Gasteiger partial charge is 0.224 e. The molecule has 0 fully saturated rings. The molecule has 122 valence electrons. The van der Waals surface area contributed by atoms with E-state index >= 15 is 0 Å². The van der Waals surface area contributed by atoms with Crippen molar-refractivity contribution in [3.05, 3.63) is 65.4 Å². The molecule has 0 spiro atoms. The molecule has 1 heterocycles. The van der Waals surface area contributed by atoms with Crippen LogP contribution in [0.2, 0.25) is 5.02 Å². The Kier molecular flexibility index (Phi) is 5.18. The van der Waals surface area contributed by atoms with Gasteiger partial charge in [-0.3, -0.25) is 4.79 Å². The summed E-state index contributed by atoms with van der Waals surface area (Å²) in [7, 11) is 0. The number of nitrogens with one attached hydrogen (secondary N) is 1. The van der Waals surface area contributed by atoms with Crippen LogP contribution in [-0.4, -0.2) is 26.1 Å². The molecular weight excluding hydrogens is 326 g/mol. The van der Waals surface area contributed by atoms with E-state index in [0.717, 1.165) is 29.2 Å². The van der Waals surface area contributed by atoms with Gasteiger partial charge < -0.3 is 5.32 Å². The highest BCUT2D eigenvalue weighted by molar-refractivity contribution is 6.30. The maximum atomic E-state index is 12.0. The summed E-state index contributed by atoms with van der Waals surface area (Å²) in [5, 5.41) is 14.6. The minimum Gasteiger partial charge on any atom is -0.326 e. The summed E-state index contributed by atoms with van der Waals surface area (Å²) in [6.45, 7) is 0. The monoisotopic (exact) mass is 341 g/mol. The molecule has 0 aliphatic carbocycles. The highest BCUT2D eigenvalue weighted by Gasteiger charge is 2.04. The second-order valence-corrected chi connectivity index (χ2v) is 5.77. The van der Waals surface area contributed by atoms with Crippen LogP contribution in [0, 0.1) is 0 Å². The number of rotatable bonds is 6. The first-order valence-electron chi connectivity index (χ1n) is 7.58. The number of anilines is 1. The minimum atomic E-state index is -0.000800. The number of hydrogen-bond donors (Lipinski definition) is 1. The molecule has 2 aromatic carbocycles. The molecule has 1 aromatic heterocycles. The summed E-state index contributed by atoms with van der Waals surface area (Å²) in [5.41, 5.74) is 2.77. The summed E-state index contributed by atoms with van der Waals surface area (Å²) in [6.07, 6.45) is 3.63. The molecule has 3 aromatic rings. The zero-order valence-corrected chi connectivity index (χ0v) is 13.6. The number of benzene rings is 2. The number of carbonyl (C=O) groups is 1. The van der Waals surface area contributed by atoms with Crippen molar-refractivity contribution in [2.24, 2.45) is 0 Å². The van der Waals surface area contributed by atoms with Gasteiger partial charge in [0.1, 0.15) is 6.33 Å². The Morgan fingerprint density at radius 2 is 1.83 bits per heavy atom. The molecule has 0 aliphatic rings. The van der Waals surface area contributed by atoms with E-state index < -0.39 is 0 Å². The lowest BCUT2D eigenvalue weighted by Gasteiger charge is -2.06. The van der Waals surface area contributed by atoms with Gasteiger partial charge in [0.25, 0.3) is 0 Å². The Labute approximate surface area is 144 Å².